The summed E-state index contributed by atoms with van der Waals surface area (Å²) in [7, 11) is 0. The third-order valence-corrected chi connectivity index (χ3v) is 3.54. The second kappa shape index (κ2) is 5.87. The molecule has 2 rings (SSSR count). The number of nitrogens with one attached hydrogen (secondary N) is 1. The molecule has 0 aliphatic heterocycles. The Morgan fingerprint density at radius 3 is 2.25 bits per heavy atom. The molecule has 0 aliphatic rings. The summed E-state index contributed by atoms with van der Waals surface area (Å²) in [6, 6.07) is 11.1. The van der Waals surface area contributed by atoms with Crippen molar-refractivity contribution in [3.8, 4) is 0 Å². The summed E-state index contributed by atoms with van der Waals surface area (Å²) in [5, 5.41) is 3.19. The number of benzene rings is 2. The maximum atomic E-state index is 12.4. The zero-order valence-electron chi connectivity index (χ0n) is 10.8. The highest BCUT2D eigenvalue weighted by atomic mass is 79.9. The molecule has 0 amide bonds. The van der Waals surface area contributed by atoms with Crippen molar-refractivity contribution in [3.05, 3.63) is 63.6 Å². The van der Waals surface area contributed by atoms with Gasteiger partial charge in [0, 0.05) is 16.7 Å². The van der Waals surface area contributed by atoms with E-state index in [0.717, 1.165) is 33.4 Å². The lowest BCUT2D eigenvalue weighted by atomic mass is 10.1. The van der Waals surface area contributed by atoms with Gasteiger partial charge in [-0.25, -0.2) is 0 Å². The van der Waals surface area contributed by atoms with Crippen molar-refractivity contribution in [2.75, 3.05) is 5.32 Å². The lowest BCUT2D eigenvalue weighted by Crippen LogP contribution is -2.05. The minimum atomic E-state index is -4.29. The average Bonchev–Trinajstić information content (AvgIpc) is 2.37. The normalized spacial score (nSPS) is 11.4. The van der Waals surface area contributed by atoms with Crippen LogP contribution in [0.4, 0.5) is 18.9 Å². The summed E-state index contributed by atoms with van der Waals surface area (Å²) >= 11 is 3.45. The maximum absolute atomic E-state index is 12.4. The van der Waals surface area contributed by atoms with Crippen molar-refractivity contribution < 1.29 is 13.2 Å². The van der Waals surface area contributed by atoms with E-state index in [4.69, 9.17) is 0 Å². The van der Waals surface area contributed by atoms with Gasteiger partial charge < -0.3 is 5.32 Å². The van der Waals surface area contributed by atoms with Gasteiger partial charge in [0.2, 0.25) is 0 Å². The first-order valence-electron chi connectivity index (χ1n) is 6.02. The van der Waals surface area contributed by atoms with Gasteiger partial charge in [-0.3, -0.25) is 0 Å². The van der Waals surface area contributed by atoms with E-state index in [1.807, 2.05) is 25.1 Å². The Bertz CT molecular complexity index is 591. The van der Waals surface area contributed by atoms with Gasteiger partial charge >= 0.3 is 6.18 Å². The summed E-state index contributed by atoms with van der Waals surface area (Å²) in [6.07, 6.45) is -4.29. The number of anilines is 1. The second-order valence-corrected chi connectivity index (χ2v) is 5.39. The molecule has 0 spiro atoms. The smallest absolute Gasteiger partial charge is 0.380 e. The lowest BCUT2D eigenvalue weighted by molar-refractivity contribution is -0.137. The standard InChI is InChI=1S/C15H13BrF3N/c1-10-2-7-14(13(16)8-10)20-9-11-3-5-12(6-4-11)15(17,18)19/h2-8,20H,9H2,1H3. The van der Waals surface area contributed by atoms with Crippen LogP contribution in [0.2, 0.25) is 0 Å². The Morgan fingerprint density at radius 2 is 1.70 bits per heavy atom. The molecule has 0 aromatic heterocycles. The molecule has 0 aliphatic carbocycles. The van der Waals surface area contributed by atoms with Gasteiger partial charge in [-0.15, -0.1) is 0 Å². The number of aryl methyl sites for hydroxylation is 1. The van der Waals surface area contributed by atoms with Crippen LogP contribution in [0.1, 0.15) is 16.7 Å². The van der Waals surface area contributed by atoms with Crippen LogP contribution in [0.25, 0.3) is 0 Å². The summed E-state index contributed by atoms with van der Waals surface area (Å²) in [5.74, 6) is 0. The van der Waals surface area contributed by atoms with E-state index in [-0.39, 0.29) is 0 Å². The zero-order valence-corrected chi connectivity index (χ0v) is 12.3. The highest BCUT2D eigenvalue weighted by molar-refractivity contribution is 9.10. The minimum Gasteiger partial charge on any atom is -0.380 e. The number of hydrogen-bond donors (Lipinski definition) is 1. The highest BCUT2D eigenvalue weighted by Gasteiger charge is 2.29. The minimum absolute atomic E-state index is 0.472. The molecule has 106 valence electrons. The van der Waals surface area contributed by atoms with Gasteiger partial charge in [0.15, 0.2) is 0 Å². The van der Waals surface area contributed by atoms with E-state index in [1.165, 1.54) is 12.1 Å². The van der Waals surface area contributed by atoms with Crippen molar-refractivity contribution in [2.24, 2.45) is 0 Å². The molecule has 20 heavy (non-hydrogen) atoms. The number of hydrogen-bond acceptors (Lipinski definition) is 1. The van der Waals surface area contributed by atoms with Crippen LogP contribution in [-0.4, -0.2) is 0 Å². The Balaban J connectivity index is 2.04. The number of alkyl halides is 3. The van der Waals surface area contributed by atoms with Crippen LogP contribution >= 0.6 is 15.9 Å². The zero-order chi connectivity index (χ0) is 14.8. The first kappa shape index (κ1) is 14.9. The van der Waals surface area contributed by atoms with Crippen LogP contribution in [0.5, 0.6) is 0 Å². The molecule has 0 saturated heterocycles. The first-order valence-corrected chi connectivity index (χ1v) is 6.82. The van der Waals surface area contributed by atoms with Crippen molar-refractivity contribution >= 4 is 21.6 Å². The van der Waals surface area contributed by atoms with Gasteiger partial charge in [0.05, 0.1) is 5.56 Å². The third-order valence-electron chi connectivity index (χ3n) is 2.89. The SMILES string of the molecule is Cc1ccc(NCc2ccc(C(F)(F)F)cc2)c(Br)c1. The Kier molecular flexibility index (Phi) is 4.38. The van der Waals surface area contributed by atoms with E-state index >= 15 is 0 Å². The lowest BCUT2D eigenvalue weighted by Gasteiger charge is -2.11. The monoisotopic (exact) mass is 343 g/mol. The molecule has 0 unspecified atom stereocenters. The number of halogens is 4. The number of rotatable bonds is 3. The van der Waals surface area contributed by atoms with Crippen LogP contribution in [0.15, 0.2) is 46.9 Å². The molecule has 0 saturated carbocycles. The van der Waals surface area contributed by atoms with Crippen molar-refractivity contribution in [1.82, 2.24) is 0 Å². The molecule has 0 bridgehead atoms. The van der Waals surface area contributed by atoms with E-state index < -0.39 is 11.7 Å². The van der Waals surface area contributed by atoms with E-state index in [1.54, 1.807) is 0 Å². The van der Waals surface area contributed by atoms with Crippen molar-refractivity contribution in [2.45, 2.75) is 19.6 Å². The summed E-state index contributed by atoms with van der Waals surface area (Å²) in [5.41, 5.74) is 2.22. The largest absolute Gasteiger partial charge is 0.416 e. The van der Waals surface area contributed by atoms with Gasteiger partial charge in [-0.2, -0.15) is 13.2 Å². The van der Waals surface area contributed by atoms with E-state index in [0.29, 0.717) is 6.54 Å². The summed E-state index contributed by atoms with van der Waals surface area (Å²) in [6.45, 7) is 2.46. The predicted molar refractivity (Wildman–Crippen MR) is 77.6 cm³/mol. The molecular formula is C15H13BrF3N. The average molecular weight is 344 g/mol. The molecule has 0 radical (unpaired) electrons. The molecule has 0 heterocycles. The second-order valence-electron chi connectivity index (χ2n) is 4.53. The fourth-order valence-electron chi connectivity index (χ4n) is 1.77. The molecule has 0 atom stereocenters. The van der Waals surface area contributed by atoms with Crippen LogP contribution < -0.4 is 5.32 Å². The molecule has 2 aromatic rings. The van der Waals surface area contributed by atoms with Gasteiger partial charge in [0.25, 0.3) is 0 Å². The van der Waals surface area contributed by atoms with Gasteiger partial charge in [-0.05, 0) is 58.2 Å². The Hall–Kier alpha value is -1.49. The van der Waals surface area contributed by atoms with E-state index in [9.17, 15) is 13.2 Å². The maximum Gasteiger partial charge on any atom is 0.416 e. The van der Waals surface area contributed by atoms with E-state index in [2.05, 4.69) is 21.2 Å². The molecule has 5 heteroatoms. The molecular weight excluding hydrogens is 331 g/mol. The summed E-state index contributed by atoms with van der Waals surface area (Å²) < 4.78 is 38.3. The molecule has 1 N–H and O–H groups in total. The van der Waals surface area contributed by atoms with Crippen LogP contribution in [-0.2, 0) is 12.7 Å². The fraction of sp³-hybridized carbons (Fsp3) is 0.200. The van der Waals surface area contributed by atoms with Crippen LogP contribution in [0, 0.1) is 6.92 Å². The van der Waals surface area contributed by atoms with Gasteiger partial charge in [0.1, 0.15) is 0 Å². The Labute approximate surface area is 123 Å². The predicted octanol–water partition coefficient (Wildman–Crippen LogP) is 5.39. The highest BCUT2D eigenvalue weighted by Crippen LogP contribution is 2.29. The quantitative estimate of drug-likeness (QED) is 0.787. The van der Waals surface area contributed by atoms with Crippen molar-refractivity contribution in [1.29, 1.82) is 0 Å². The molecule has 1 nitrogen and oxygen atoms in total. The molecule has 0 fully saturated rings. The third kappa shape index (κ3) is 3.76. The van der Waals surface area contributed by atoms with Gasteiger partial charge in [-0.1, -0.05) is 18.2 Å². The first-order chi connectivity index (χ1) is 9.36. The topological polar surface area (TPSA) is 12.0 Å². The molecule has 2 aromatic carbocycles. The fourth-order valence-corrected chi connectivity index (χ4v) is 2.41. The van der Waals surface area contributed by atoms with Crippen LogP contribution in [0.3, 0.4) is 0 Å². The summed E-state index contributed by atoms with van der Waals surface area (Å²) in [4.78, 5) is 0. The van der Waals surface area contributed by atoms with Crippen molar-refractivity contribution in [3.63, 3.8) is 0 Å². The Morgan fingerprint density at radius 1 is 1.05 bits per heavy atom.